The van der Waals surface area contributed by atoms with Crippen molar-refractivity contribution in [2.75, 3.05) is 31.3 Å². The minimum atomic E-state index is -0.864. The van der Waals surface area contributed by atoms with E-state index in [0.717, 1.165) is 16.7 Å². The summed E-state index contributed by atoms with van der Waals surface area (Å²) >= 11 is 0. The van der Waals surface area contributed by atoms with E-state index in [1.54, 1.807) is 18.0 Å². The summed E-state index contributed by atoms with van der Waals surface area (Å²) in [6.45, 7) is 5.61. The molecule has 1 unspecified atom stereocenters. The third-order valence-electron chi connectivity index (χ3n) is 5.69. The molecule has 2 heterocycles. The monoisotopic (exact) mass is 437 g/mol. The van der Waals surface area contributed by atoms with Crippen molar-refractivity contribution >= 4 is 23.5 Å². The number of nitrogens with zero attached hydrogens (tertiary/aromatic N) is 2. The van der Waals surface area contributed by atoms with Crippen molar-refractivity contribution < 1.29 is 19.1 Å². The molecule has 9 nitrogen and oxygen atoms in total. The predicted octanol–water partition coefficient (Wildman–Crippen LogP) is 1.77. The number of hydrogen-bond donors (Lipinski definition) is 3. The van der Waals surface area contributed by atoms with Gasteiger partial charge in [0, 0.05) is 18.7 Å². The molecule has 0 spiro atoms. The van der Waals surface area contributed by atoms with Crippen molar-refractivity contribution in [1.82, 2.24) is 21.2 Å². The highest BCUT2D eigenvalue weighted by Crippen LogP contribution is 2.39. The maximum absolute atomic E-state index is 13.3. The number of anilines is 1. The standard InChI is InChI=1S/C23H27N5O4/c1-15-17-7-3-4-8-18(17)19-9-5-6-10-20(19)28(22(15)30)25-21(29)16(2)24-23(31)26-27-11-13-32-14-12-27/h3-10,15-16H,11-14H2,1-2H3,(H,25,29)(H2,24,26,31)/t15?,16-/m0/s1. The van der Waals surface area contributed by atoms with Crippen LogP contribution in [0.25, 0.3) is 11.1 Å². The molecule has 168 valence electrons. The minimum absolute atomic E-state index is 0.249. The summed E-state index contributed by atoms with van der Waals surface area (Å²) in [5.74, 6) is -1.20. The van der Waals surface area contributed by atoms with Crippen LogP contribution in [0, 0.1) is 0 Å². The van der Waals surface area contributed by atoms with Gasteiger partial charge in [-0.05, 0) is 31.0 Å². The van der Waals surface area contributed by atoms with Crippen LogP contribution < -0.4 is 21.2 Å². The topological polar surface area (TPSA) is 103 Å². The fraction of sp³-hybridized carbons (Fsp3) is 0.348. The van der Waals surface area contributed by atoms with Crippen molar-refractivity contribution in [3.8, 4) is 11.1 Å². The van der Waals surface area contributed by atoms with E-state index in [0.29, 0.717) is 32.0 Å². The number of amides is 4. The van der Waals surface area contributed by atoms with E-state index in [1.165, 1.54) is 5.01 Å². The van der Waals surface area contributed by atoms with Gasteiger partial charge in [-0.1, -0.05) is 42.5 Å². The van der Waals surface area contributed by atoms with E-state index in [9.17, 15) is 14.4 Å². The molecule has 0 saturated carbocycles. The van der Waals surface area contributed by atoms with Crippen molar-refractivity contribution in [2.24, 2.45) is 0 Å². The molecule has 1 saturated heterocycles. The van der Waals surface area contributed by atoms with Crippen LogP contribution in [0.3, 0.4) is 0 Å². The molecule has 4 amide bonds. The highest BCUT2D eigenvalue weighted by molar-refractivity contribution is 6.06. The lowest BCUT2D eigenvalue weighted by molar-refractivity contribution is -0.127. The zero-order valence-corrected chi connectivity index (χ0v) is 18.1. The third kappa shape index (κ3) is 4.44. The smallest absolute Gasteiger partial charge is 0.329 e. The summed E-state index contributed by atoms with van der Waals surface area (Å²) in [6.07, 6.45) is 0. The molecule has 0 bridgehead atoms. The van der Waals surface area contributed by atoms with Crippen LogP contribution in [0.2, 0.25) is 0 Å². The Morgan fingerprint density at radius 1 is 1.00 bits per heavy atom. The second-order valence-corrected chi connectivity index (χ2v) is 7.88. The first kappa shape index (κ1) is 21.8. The molecular formula is C23H27N5O4. The Morgan fingerprint density at radius 2 is 1.66 bits per heavy atom. The molecule has 2 aromatic carbocycles. The van der Waals surface area contributed by atoms with Gasteiger partial charge in [0.05, 0.1) is 24.8 Å². The second kappa shape index (κ2) is 9.37. The SMILES string of the molecule is CC1C(=O)N(NC(=O)[C@H](C)NC(=O)NN2CCOCC2)c2ccccc2-c2ccccc21. The van der Waals surface area contributed by atoms with Gasteiger partial charge in [0.15, 0.2) is 0 Å². The maximum atomic E-state index is 13.3. The van der Waals surface area contributed by atoms with E-state index in [4.69, 9.17) is 4.74 Å². The number of carbonyl (C=O) groups is 3. The molecular weight excluding hydrogens is 410 g/mol. The van der Waals surface area contributed by atoms with Gasteiger partial charge in [0.2, 0.25) is 0 Å². The molecule has 0 aromatic heterocycles. The Hall–Kier alpha value is -3.43. The van der Waals surface area contributed by atoms with Crippen molar-refractivity contribution in [3.05, 3.63) is 54.1 Å². The van der Waals surface area contributed by atoms with E-state index < -0.39 is 23.9 Å². The third-order valence-corrected chi connectivity index (χ3v) is 5.69. The first-order valence-corrected chi connectivity index (χ1v) is 10.7. The molecule has 9 heteroatoms. The molecule has 0 aliphatic carbocycles. The molecule has 0 radical (unpaired) electrons. The first-order chi connectivity index (χ1) is 15.5. The number of ether oxygens (including phenoxy) is 1. The molecule has 32 heavy (non-hydrogen) atoms. The highest BCUT2D eigenvalue weighted by Gasteiger charge is 2.33. The fourth-order valence-electron chi connectivity index (χ4n) is 3.90. The molecule has 2 atom stereocenters. The number of rotatable bonds is 4. The number of fused-ring (bicyclic) bond motifs is 3. The Bertz CT molecular complexity index is 1020. The Kier molecular flexibility index (Phi) is 6.38. The summed E-state index contributed by atoms with van der Waals surface area (Å²) < 4.78 is 5.25. The van der Waals surface area contributed by atoms with Gasteiger partial charge in [0.1, 0.15) is 6.04 Å². The number of hydrogen-bond acceptors (Lipinski definition) is 5. The fourth-order valence-corrected chi connectivity index (χ4v) is 3.90. The van der Waals surface area contributed by atoms with Crippen LogP contribution in [-0.2, 0) is 14.3 Å². The van der Waals surface area contributed by atoms with Gasteiger partial charge in [-0.15, -0.1) is 0 Å². The quantitative estimate of drug-likeness (QED) is 0.677. The molecule has 3 N–H and O–H groups in total. The lowest BCUT2D eigenvalue weighted by Crippen LogP contribution is -2.58. The van der Waals surface area contributed by atoms with E-state index >= 15 is 0 Å². The number of carbonyl (C=O) groups excluding carboxylic acids is 3. The molecule has 1 fully saturated rings. The van der Waals surface area contributed by atoms with E-state index in [2.05, 4.69) is 16.2 Å². The normalized spacial score (nSPS) is 19.2. The van der Waals surface area contributed by atoms with Gasteiger partial charge in [-0.2, -0.15) is 0 Å². The van der Waals surface area contributed by atoms with Gasteiger partial charge in [-0.25, -0.2) is 14.8 Å². The second-order valence-electron chi connectivity index (χ2n) is 7.88. The highest BCUT2D eigenvalue weighted by atomic mass is 16.5. The van der Waals surface area contributed by atoms with Crippen LogP contribution in [0.15, 0.2) is 48.5 Å². The summed E-state index contributed by atoms with van der Waals surface area (Å²) in [7, 11) is 0. The summed E-state index contributed by atoms with van der Waals surface area (Å²) in [5.41, 5.74) is 8.71. The van der Waals surface area contributed by atoms with Gasteiger partial charge >= 0.3 is 6.03 Å². The number of morpholine rings is 1. The van der Waals surface area contributed by atoms with Gasteiger partial charge < -0.3 is 10.1 Å². The number of benzene rings is 2. The number of para-hydroxylation sites is 1. The van der Waals surface area contributed by atoms with Crippen LogP contribution in [0.1, 0.15) is 25.3 Å². The van der Waals surface area contributed by atoms with E-state index in [-0.39, 0.29) is 5.91 Å². The van der Waals surface area contributed by atoms with Crippen molar-refractivity contribution in [2.45, 2.75) is 25.8 Å². The zero-order chi connectivity index (χ0) is 22.7. The lowest BCUT2D eigenvalue weighted by atomic mass is 9.92. The largest absolute Gasteiger partial charge is 0.379 e. The summed E-state index contributed by atoms with van der Waals surface area (Å²) in [6, 6.07) is 13.8. The van der Waals surface area contributed by atoms with Crippen molar-refractivity contribution in [1.29, 1.82) is 0 Å². The number of urea groups is 1. The Morgan fingerprint density at radius 3 is 2.41 bits per heavy atom. The maximum Gasteiger partial charge on any atom is 0.329 e. The predicted molar refractivity (Wildman–Crippen MR) is 119 cm³/mol. The zero-order valence-electron chi connectivity index (χ0n) is 18.1. The summed E-state index contributed by atoms with van der Waals surface area (Å²) in [4.78, 5) is 38.5. The Balaban J connectivity index is 1.50. The van der Waals surface area contributed by atoms with Crippen LogP contribution >= 0.6 is 0 Å². The van der Waals surface area contributed by atoms with Crippen LogP contribution in [-0.4, -0.2) is 55.2 Å². The molecule has 2 aromatic rings. The summed E-state index contributed by atoms with van der Waals surface area (Å²) in [5, 5.41) is 5.64. The lowest BCUT2D eigenvalue weighted by Gasteiger charge is -2.29. The Labute approximate surface area is 186 Å². The van der Waals surface area contributed by atoms with Crippen LogP contribution in [0.4, 0.5) is 10.5 Å². The average Bonchev–Trinajstić information content (AvgIpc) is 2.89. The first-order valence-electron chi connectivity index (χ1n) is 10.7. The van der Waals surface area contributed by atoms with E-state index in [1.807, 2.05) is 49.4 Å². The molecule has 2 aliphatic heterocycles. The minimum Gasteiger partial charge on any atom is -0.379 e. The molecule has 4 rings (SSSR count). The number of hydrazine groups is 2. The van der Waals surface area contributed by atoms with Crippen LogP contribution in [0.5, 0.6) is 0 Å². The van der Waals surface area contributed by atoms with Gasteiger partial charge in [-0.3, -0.25) is 20.4 Å². The average molecular weight is 438 g/mol. The van der Waals surface area contributed by atoms with Crippen molar-refractivity contribution in [3.63, 3.8) is 0 Å². The molecule has 2 aliphatic rings. The van der Waals surface area contributed by atoms with Gasteiger partial charge in [0.25, 0.3) is 11.8 Å². The number of nitrogens with one attached hydrogen (secondary N) is 3.